The van der Waals surface area contributed by atoms with Gasteiger partial charge in [0, 0.05) is 6.07 Å². The van der Waals surface area contributed by atoms with E-state index in [9.17, 15) is 24.5 Å². The van der Waals surface area contributed by atoms with Crippen LogP contribution in [-0.4, -0.2) is 44.0 Å². The van der Waals surface area contributed by atoms with Gasteiger partial charge >= 0.3 is 11.9 Å². The maximum atomic E-state index is 11.6. The van der Waals surface area contributed by atoms with Crippen molar-refractivity contribution in [3.63, 3.8) is 0 Å². The number of carbonyl (C=O) groups is 3. The third-order valence-corrected chi connectivity index (χ3v) is 2.11. The molecule has 4 N–H and O–H groups in total. The summed E-state index contributed by atoms with van der Waals surface area (Å²) < 4.78 is 0. The smallest absolute Gasteiger partial charge is 0.326 e. The van der Waals surface area contributed by atoms with Crippen molar-refractivity contribution >= 4 is 23.5 Å². The van der Waals surface area contributed by atoms with Gasteiger partial charge in [0.15, 0.2) is 0 Å². The number of amides is 1. The molecule has 0 aliphatic rings. The summed E-state index contributed by atoms with van der Waals surface area (Å²) in [6.45, 7) is 0. The van der Waals surface area contributed by atoms with Crippen LogP contribution in [0.15, 0.2) is 12.3 Å². The highest BCUT2D eigenvalue weighted by molar-refractivity contribution is 5.96. The molecular weight excluding hydrogens is 262 g/mol. The highest BCUT2D eigenvalue weighted by Crippen LogP contribution is 2.12. The van der Waals surface area contributed by atoms with E-state index >= 15 is 0 Å². The molecule has 0 saturated heterocycles. The molecule has 1 heterocycles. The summed E-state index contributed by atoms with van der Waals surface area (Å²) in [6.07, 6.45) is 0.158. The molecule has 10 heteroatoms. The minimum absolute atomic E-state index is 0.233. The number of carboxylic acids is 2. The standard InChI is InChI=1S/C9H9N3O7/c13-7(14)2-6(9(16)17)11-8(15)5-1-4(3-10-5)12(18)19/h1,3,6,10H,2H2,(H,11,15)(H,13,14)(H,16,17)/t6-/m0/s1. The van der Waals surface area contributed by atoms with E-state index in [2.05, 4.69) is 4.98 Å². The normalized spacial score (nSPS) is 11.6. The van der Waals surface area contributed by atoms with E-state index in [1.165, 1.54) is 0 Å². The van der Waals surface area contributed by atoms with Gasteiger partial charge in [-0.3, -0.25) is 19.7 Å². The summed E-state index contributed by atoms with van der Waals surface area (Å²) >= 11 is 0. The summed E-state index contributed by atoms with van der Waals surface area (Å²) in [5, 5.41) is 29.5. The number of aromatic amines is 1. The topological polar surface area (TPSA) is 163 Å². The fourth-order valence-corrected chi connectivity index (χ4v) is 1.23. The number of carboxylic acid groups (broad SMARTS) is 2. The fourth-order valence-electron chi connectivity index (χ4n) is 1.23. The molecule has 19 heavy (non-hydrogen) atoms. The van der Waals surface area contributed by atoms with Crippen LogP contribution in [-0.2, 0) is 9.59 Å². The monoisotopic (exact) mass is 271 g/mol. The maximum absolute atomic E-state index is 11.6. The van der Waals surface area contributed by atoms with E-state index < -0.39 is 35.2 Å². The molecule has 0 spiro atoms. The van der Waals surface area contributed by atoms with E-state index in [0.717, 1.165) is 12.3 Å². The number of nitrogens with zero attached hydrogens (tertiary/aromatic N) is 1. The third kappa shape index (κ3) is 3.80. The fraction of sp³-hybridized carbons (Fsp3) is 0.222. The molecule has 1 aromatic rings. The Morgan fingerprint density at radius 1 is 1.42 bits per heavy atom. The highest BCUT2D eigenvalue weighted by atomic mass is 16.6. The number of nitrogens with one attached hydrogen (secondary N) is 2. The minimum Gasteiger partial charge on any atom is -0.481 e. The zero-order chi connectivity index (χ0) is 14.6. The number of aliphatic carboxylic acids is 2. The number of aromatic nitrogens is 1. The molecule has 1 rings (SSSR count). The molecule has 0 aromatic carbocycles. The van der Waals surface area contributed by atoms with Crippen LogP contribution in [0.4, 0.5) is 5.69 Å². The van der Waals surface area contributed by atoms with Crippen LogP contribution in [0.5, 0.6) is 0 Å². The summed E-state index contributed by atoms with van der Waals surface area (Å²) in [4.78, 5) is 44.6. The third-order valence-electron chi connectivity index (χ3n) is 2.11. The first-order valence-corrected chi connectivity index (χ1v) is 4.89. The molecule has 0 aliphatic heterocycles. The molecule has 0 saturated carbocycles. The first kappa shape index (κ1) is 14.2. The Morgan fingerprint density at radius 2 is 2.05 bits per heavy atom. The lowest BCUT2D eigenvalue weighted by molar-refractivity contribution is -0.384. The summed E-state index contributed by atoms with van der Waals surface area (Å²) in [5.74, 6) is -3.86. The molecule has 0 radical (unpaired) electrons. The van der Waals surface area contributed by atoms with Crippen LogP contribution >= 0.6 is 0 Å². The maximum Gasteiger partial charge on any atom is 0.326 e. The summed E-state index contributed by atoms with van der Waals surface area (Å²) in [6, 6.07) is -0.706. The van der Waals surface area contributed by atoms with Gasteiger partial charge in [0.1, 0.15) is 11.7 Å². The first-order chi connectivity index (χ1) is 8.81. The average molecular weight is 271 g/mol. The molecule has 0 aliphatic carbocycles. The minimum atomic E-state index is -1.62. The van der Waals surface area contributed by atoms with Crippen molar-refractivity contribution in [3.8, 4) is 0 Å². The van der Waals surface area contributed by atoms with Crippen molar-refractivity contribution in [3.05, 3.63) is 28.1 Å². The largest absolute Gasteiger partial charge is 0.481 e. The van der Waals surface area contributed by atoms with Crippen LogP contribution in [0.25, 0.3) is 0 Å². The lowest BCUT2D eigenvalue weighted by Gasteiger charge is -2.11. The Hall–Kier alpha value is -2.91. The number of nitro groups is 1. The number of rotatable bonds is 6. The number of H-pyrrole nitrogens is 1. The van der Waals surface area contributed by atoms with Gasteiger partial charge in [-0.15, -0.1) is 0 Å². The van der Waals surface area contributed by atoms with Crippen molar-refractivity contribution in [2.45, 2.75) is 12.5 Å². The van der Waals surface area contributed by atoms with Crippen molar-refractivity contribution in [2.24, 2.45) is 0 Å². The van der Waals surface area contributed by atoms with Crippen molar-refractivity contribution in [2.75, 3.05) is 0 Å². The summed E-state index contributed by atoms with van der Waals surface area (Å²) in [7, 11) is 0. The zero-order valence-corrected chi connectivity index (χ0v) is 9.32. The van der Waals surface area contributed by atoms with Crippen LogP contribution in [0, 0.1) is 10.1 Å². The predicted octanol–water partition coefficient (Wildman–Crippen LogP) is -0.419. The van der Waals surface area contributed by atoms with Gasteiger partial charge < -0.3 is 20.5 Å². The zero-order valence-electron chi connectivity index (χ0n) is 9.32. The highest BCUT2D eigenvalue weighted by Gasteiger charge is 2.24. The van der Waals surface area contributed by atoms with Crippen LogP contribution in [0.2, 0.25) is 0 Å². The molecule has 0 fully saturated rings. The predicted molar refractivity (Wildman–Crippen MR) is 58.6 cm³/mol. The number of carbonyl (C=O) groups excluding carboxylic acids is 1. The van der Waals surface area contributed by atoms with Gasteiger partial charge in [0.05, 0.1) is 17.5 Å². The molecule has 0 bridgehead atoms. The van der Waals surface area contributed by atoms with Crippen molar-refractivity contribution in [1.82, 2.24) is 10.3 Å². The van der Waals surface area contributed by atoms with Crippen LogP contribution in [0.3, 0.4) is 0 Å². The van der Waals surface area contributed by atoms with Gasteiger partial charge in [0.25, 0.3) is 11.6 Å². The molecule has 10 nitrogen and oxygen atoms in total. The van der Waals surface area contributed by atoms with E-state index in [0.29, 0.717) is 0 Å². The second-order valence-electron chi connectivity index (χ2n) is 3.49. The SMILES string of the molecule is O=C(O)C[C@H](NC(=O)c1cc([N+](=O)[O-])c[nH]1)C(=O)O. The van der Waals surface area contributed by atoms with Gasteiger partial charge in [-0.2, -0.15) is 0 Å². The Balaban J connectivity index is 2.78. The van der Waals surface area contributed by atoms with E-state index in [1.54, 1.807) is 0 Å². The Bertz CT molecular complexity index is 536. The lowest BCUT2D eigenvalue weighted by Crippen LogP contribution is -2.42. The van der Waals surface area contributed by atoms with Crippen LogP contribution < -0.4 is 5.32 Å². The Kier molecular flexibility index (Phi) is 4.19. The van der Waals surface area contributed by atoms with E-state index in [-0.39, 0.29) is 11.4 Å². The molecular formula is C9H9N3O7. The number of hydrogen-bond acceptors (Lipinski definition) is 5. The second-order valence-corrected chi connectivity index (χ2v) is 3.49. The lowest BCUT2D eigenvalue weighted by atomic mass is 10.2. The molecule has 102 valence electrons. The van der Waals surface area contributed by atoms with Gasteiger partial charge in [-0.05, 0) is 0 Å². The first-order valence-electron chi connectivity index (χ1n) is 4.89. The second kappa shape index (κ2) is 5.62. The summed E-state index contributed by atoms with van der Waals surface area (Å²) in [5.41, 5.74) is -0.599. The van der Waals surface area contributed by atoms with Crippen LogP contribution in [0.1, 0.15) is 16.9 Å². The molecule has 0 unspecified atom stereocenters. The Morgan fingerprint density at radius 3 is 2.47 bits per heavy atom. The number of hydrogen-bond donors (Lipinski definition) is 4. The molecule has 1 amide bonds. The Labute approximate surface area is 105 Å². The molecule has 1 atom stereocenters. The van der Waals surface area contributed by atoms with E-state index in [1.807, 2.05) is 5.32 Å². The van der Waals surface area contributed by atoms with Crippen molar-refractivity contribution in [1.29, 1.82) is 0 Å². The van der Waals surface area contributed by atoms with Gasteiger partial charge in [-0.1, -0.05) is 0 Å². The molecule has 1 aromatic heterocycles. The average Bonchev–Trinajstić information content (AvgIpc) is 2.76. The van der Waals surface area contributed by atoms with Gasteiger partial charge in [-0.25, -0.2) is 4.79 Å². The van der Waals surface area contributed by atoms with Crippen molar-refractivity contribution < 1.29 is 29.5 Å². The quantitative estimate of drug-likeness (QED) is 0.403. The van der Waals surface area contributed by atoms with Gasteiger partial charge in [0.2, 0.25) is 0 Å². The van der Waals surface area contributed by atoms with E-state index in [4.69, 9.17) is 10.2 Å².